The van der Waals surface area contributed by atoms with E-state index >= 15 is 0 Å². The van der Waals surface area contributed by atoms with Gasteiger partial charge in [-0.2, -0.15) is 4.52 Å². The number of amides is 1. The van der Waals surface area contributed by atoms with Gasteiger partial charge in [0.15, 0.2) is 5.65 Å². The Morgan fingerprint density at radius 1 is 1.10 bits per heavy atom. The van der Waals surface area contributed by atoms with E-state index in [0.29, 0.717) is 30.5 Å². The number of tetrazole rings is 1. The lowest BCUT2D eigenvalue weighted by Crippen LogP contribution is -2.51. The number of carbonyl (C=O) groups excluding carboxylic acids is 1. The fraction of sp³-hybridized carbons (Fsp3) is 0.533. The highest BCUT2D eigenvalue weighted by atomic mass is 16.5. The number of carbonyl (C=O) groups is 1. The van der Waals surface area contributed by atoms with Gasteiger partial charge in [-0.1, -0.05) is 19.9 Å². The van der Waals surface area contributed by atoms with Gasteiger partial charge >= 0.3 is 0 Å². The number of aromatic amines is 1. The number of morpholine rings is 1. The first-order valence-corrected chi connectivity index (χ1v) is 14.4. The van der Waals surface area contributed by atoms with E-state index in [1.807, 2.05) is 13.1 Å². The Balaban J connectivity index is 1.10. The van der Waals surface area contributed by atoms with Crippen molar-refractivity contribution in [2.75, 3.05) is 32.8 Å². The van der Waals surface area contributed by atoms with Gasteiger partial charge < -0.3 is 14.6 Å². The van der Waals surface area contributed by atoms with Gasteiger partial charge in [0.1, 0.15) is 0 Å². The number of benzene rings is 1. The summed E-state index contributed by atoms with van der Waals surface area (Å²) in [6, 6.07) is 9.91. The number of hydrogen-bond donors (Lipinski definition) is 1. The van der Waals surface area contributed by atoms with Gasteiger partial charge in [-0.05, 0) is 89.8 Å². The molecule has 1 aromatic carbocycles. The fourth-order valence-electron chi connectivity index (χ4n) is 7.14. The second-order valence-corrected chi connectivity index (χ2v) is 12.0. The maximum atomic E-state index is 13.2. The average Bonchev–Trinajstić information content (AvgIpc) is 3.62. The van der Waals surface area contributed by atoms with E-state index in [4.69, 9.17) is 4.74 Å². The van der Waals surface area contributed by atoms with Gasteiger partial charge in [0, 0.05) is 47.8 Å². The van der Waals surface area contributed by atoms with Crippen molar-refractivity contribution in [2.45, 2.75) is 70.4 Å². The molecule has 3 aliphatic heterocycles. The number of aryl methyl sites for hydroxylation is 1. The first-order chi connectivity index (χ1) is 19.0. The van der Waals surface area contributed by atoms with Gasteiger partial charge in [0.2, 0.25) is 5.91 Å². The maximum Gasteiger partial charge on any atom is 0.236 e. The summed E-state index contributed by atoms with van der Waals surface area (Å²) < 4.78 is 7.45. The Kier molecular flexibility index (Phi) is 6.16. The predicted molar refractivity (Wildman–Crippen MR) is 150 cm³/mol. The Hall–Kier alpha value is -3.30. The van der Waals surface area contributed by atoms with Gasteiger partial charge in [0.25, 0.3) is 0 Å². The van der Waals surface area contributed by atoms with Crippen molar-refractivity contribution < 1.29 is 9.53 Å². The number of ether oxygens (including phenoxy) is 1. The molecule has 3 fully saturated rings. The standard InChI is InChI=1S/C30H37N7O2/c1-18(2)28-25-13-21(4-7-26(25)31-29(28)22-12-19(3)30-32-33-34-37(30)14-22)20-8-10-35(11-9-20)27(38)15-36-23-5-6-24(36)17-39-16-23/h4,7,12-14,18,20,23-24,31H,5-6,8-11,15-17H2,1-3H3/t23-,24+. The molecule has 204 valence electrons. The second kappa shape index (κ2) is 9.71. The maximum absolute atomic E-state index is 13.2. The summed E-state index contributed by atoms with van der Waals surface area (Å²) in [7, 11) is 0. The van der Waals surface area contributed by atoms with Crippen molar-refractivity contribution >= 4 is 22.5 Å². The third-order valence-corrected chi connectivity index (χ3v) is 9.24. The molecule has 4 aromatic rings. The molecule has 3 aliphatic rings. The summed E-state index contributed by atoms with van der Waals surface area (Å²) in [5, 5.41) is 13.4. The molecule has 39 heavy (non-hydrogen) atoms. The first kappa shape index (κ1) is 24.7. The molecule has 7 rings (SSSR count). The molecule has 9 nitrogen and oxygen atoms in total. The lowest BCUT2D eigenvalue weighted by Gasteiger charge is -2.37. The minimum atomic E-state index is 0.287. The van der Waals surface area contributed by atoms with Crippen molar-refractivity contribution in [3.63, 3.8) is 0 Å². The Morgan fingerprint density at radius 3 is 2.62 bits per heavy atom. The fourth-order valence-corrected chi connectivity index (χ4v) is 7.14. The van der Waals surface area contributed by atoms with Crippen molar-refractivity contribution in [1.29, 1.82) is 0 Å². The molecular formula is C30H37N7O2. The number of piperidine rings is 1. The van der Waals surface area contributed by atoms with Crippen LogP contribution in [0.2, 0.25) is 0 Å². The number of pyridine rings is 1. The third-order valence-electron chi connectivity index (χ3n) is 9.24. The molecule has 0 aliphatic carbocycles. The van der Waals surface area contributed by atoms with E-state index in [-0.39, 0.29) is 5.91 Å². The zero-order valence-electron chi connectivity index (χ0n) is 23.1. The largest absolute Gasteiger partial charge is 0.378 e. The van der Waals surface area contributed by atoms with E-state index in [0.717, 1.165) is 80.0 Å². The highest BCUT2D eigenvalue weighted by Gasteiger charge is 2.39. The summed E-state index contributed by atoms with van der Waals surface area (Å²) in [6.45, 7) is 10.3. The monoisotopic (exact) mass is 527 g/mol. The Morgan fingerprint density at radius 2 is 1.87 bits per heavy atom. The quantitative estimate of drug-likeness (QED) is 0.417. The number of rotatable bonds is 5. The smallest absolute Gasteiger partial charge is 0.236 e. The average molecular weight is 528 g/mol. The number of nitrogens with zero attached hydrogens (tertiary/aromatic N) is 6. The van der Waals surface area contributed by atoms with Crippen LogP contribution in [0.5, 0.6) is 0 Å². The number of likely N-dealkylation sites (tertiary alicyclic amines) is 1. The lowest BCUT2D eigenvalue weighted by atomic mass is 9.87. The number of nitrogens with one attached hydrogen (secondary N) is 1. The van der Waals surface area contributed by atoms with Crippen LogP contribution < -0.4 is 0 Å². The lowest BCUT2D eigenvalue weighted by molar-refractivity contribution is -0.136. The number of aromatic nitrogens is 5. The molecule has 1 N–H and O–H groups in total. The second-order valence-electron chi connectivity index (χ2n) is 12.0. The molecule has 2 bridgehead atoms. The molecule has 0 radical (unpaired) electrons. The van der Waals surface area contributed by atoms with Gasteiger partial charge in [-0.15, -0.1) is 5.10 Å². The normalized spacial score (nSPS) is 22.5. The number of fused-ring (bicyclic) bond motifs is 4. The van der Waals surface area contributed by atoms with E-state index < -0.39 is 0 Å². The molecule has 9 heteroatoms. The highest BCUT2D eigenvalue weighted by molar-refractivity contribution is 5.92. The molecule has 0 saturated carbocycles. The summed E-state index contributed by atoms with van der Waals surface area (Å²) >= 11 is 0. The van der Waals surface area contributed by atoms with Crippen LogP contribution >= 0.6 is 0 Å². The molecule has 1 amide bonds. The summed E-state index contributed by atoms with van der Waals surface area (Å²) in [4.78, 5) is 21.4. The Bertz CT molecular complexity index is 1520. The van der Waals surface area contributed by atoms with Crippen molar-refractivity contribution in [3.8, 4) is 11.3 Å². The molecule has 6 heterocycles. The van der Waals surface area contributed by atoms with Crippen LogP contribution in [0.1, 0.15) is 68.1 Å². The van der Waals surface area contributed by atoms with E-state index in [2.05, 4.69) is 68.4 Å². The zero-order valence-corrected chi connectivity index (χ0v) is 23.1. The molecule has 0 unspecified atom stereocenters. The van der Waals surface area contributed by atoms with Crippen LogP contribution in [0.3, 0.4) is 0 Å². The molecule has 3 saturated heterocycles. The van der Waals surface area contributed by atoms with Crippen LogP contribution in [-0.4, -0.2) is 85.7 Å². The molecule has 2 atom stereocenters. The zero-order chi connectivity index (χ0) is 26.7. The van der Waals surface area contributed by atoms with Crippen LogP contribution in [-0.2, 0) is 9.53 Å². The van der Waals surface area contributed by atoms with E-state index in [1.165, 1.54) is 16.5 Å². The van der Waals surface area contributed by atoms with Gasteiger partial charge in [0.05, 0.1) is 25.5 Å². The number of hydrogen-bond acceptors (Lipinski definition) is 6. The number of H-pyrrole nitrogens is 1. The molecule has 3 aromatic heterocycles. The predicted octanol–water partition coefficient (Wildman–Crippen LogP) is 4.27. The molecular weight excluding hydrogens is 490 g/mol. The molecule has 0 spiro atoms. The summed E-state index contributed by atoms with van der Waals surface area (Å²) in [6.07, 6.45) is 6.35. The van der Waals surface area contributed by atoms with Crippen LogP contribution in [0.15, 0.2) is 30.5 Å². The Labute approximate surface area is 228 Å². The minimum absolute atomic E-state index is 0.287. The van der Waals surface area contributed by atoms with E-state index in [1.54, 1.807) is 4.52 Å². The van der Waals surface area contributed by atoms with Crippen LogP contribution in [0.25, 0.3) is 27.8 Å². The van der Waals surface area contributed by atoms with Crippen molar-refractivity contribution in [1.82, 2.24) is 34.8 Å². The third kappa shape index (κ3) is 4.32. The highest BCUT2D eigenvalue weighted by Crippen LogP contribution is 2.39. The van der Waals surface area contributed by atoms with Crippen LogP contribution in [0.4, 0.5) is 0 Å². The van der Waals surface area contributed by atoms with Gasteiger partial charge in [-0.3, -0.25) is 9.69 Å². The minimum Gasteiger partial charge on any atom is -0.378 e. The van der Waals surface area contributed by atoms with Crippen LogP contribution in [0, 0.1) is 6.92 Å². The summed E-state index contributed by atoms with van der Waals surface area (Å²) in [5.41, 5.74) is 7.91. The van der Waals surface area contributed by atoms with Gasteiger partial charge in [-0.25, -0.2) is 0 Å². The summed E-state index contributed by atoms with van der Waals surface area (Å²) in [5.74, 6) is 1.11. The van der Waals surface area contributed by atoms with Crippen molar-refractivity contribution in [2.24, 2.45) is 0 Å². The first-order valence-electron chi connectivity index (χ1n) is 14.4. The van der Waals surface area contributed by atoms with Crippen molar-refractivity contribution in [3.05, 3.63) is 47.2 Å². The topological polar surface area (TPSA) is 91.7 Å². The van der Waals surface area contributed by atoms with E-state index in [9.17, 15) is 4.79 Å². The SMILES string of the molecule is Cc1cc(-c2[nH]c3ccc(C4CCN(C(=O)CN5[C@@H]6CC[C@H]5COC6)CC4)cc3c2C(C)C)cn2nnnc12.